The molecule has 0 saturated heterocycles. The van der Waals surface area contributed by atoms with Gasteiger partial charge in [0.1, 0.15) is 6.29 Å². The van der Waals surface area contributed by atoms with Crippen LogP contribution in [0, 0.1) is 0 Å². The van der Waals surface area contributed by atoms with Crippen LogP contribution in [0.1, 0.15) is 5.56 Å². The van der Waals surface area contributed by atoms with Gasteiger partial charge >= 0.3 is 0 Å². The summed E-state index contributed by atoms with van der Waals surface area (Å²) in [4.78, 5) is 10.6. The van der Waals surface area contributed by atoms with Crippen LogP contribution in [-0.4, -0.2) is 6.29 Å². The number of carbonyl (C=O) groups excluding carboxylic acids is 1. The summed E-state index contributed by atoms with van der Waals surface area (Å²) in [5.74, 6) is 0. The molecule has 0 bridgehead atoms. The second-order valence-electron chi connectivity index (χ2n) is 4.99. The highest BCUT2D eigenvalue weighted by Gasteiger charge is 2.08. The molecule has 0 fully saturated rings. The Morgan fingerprint density at radius 3 is 1.91 bits per heavy atom. The minimum Gasteiger partial charge on any atom is -0.299 e. The van der Waals surface area contributed by atoms with E-state index in [1.807, 2.05) is 48.5 Å². The lowest BCUT2D eigenvalue weighted by atomic mass is 9.92. The van der Waals surface area contributed by atoms with Crippen LogP contribution in [0.15, 0.2) is 84.9 Å². The summed E-state index contributed by atoms with van der Waals surface area (Å²) in [6.07, 6.45) is 4.19. The molecular formula is C21H16O. The summed E-state index contributed by atoms with van der Waals surface area (Å²) in [7, 11) is 0. The van der Waals surface area contributed by atoms with Crippen molar-refractivity contribution >= 4 is 12.4 Å². The molecule has 3 aromatic carbocycles. The molecule has 1 nitrogen and oxygen atoms in total. The van der Waals surface area contributed by atoms with E-state index in [9.17, 15) is 4.79 Å². The Labute approximate surface area is 130 Å². The Balaban J connectivity index is 2.18. The third-order valence-corrected chi connectivity index (χ3v) is 3.62. The quantitative estimate of drug-likeness (QED) is 0.473. The van der Waals surface area contributed by atoms with Gasteiger partial charge in [0.2, 0.25) is 0 Å². The number of rotatable bonds is 4. The number of aldehydes is 1. The van der Waals surface area contributed by atoms with Crippen LogP contribution in [0.2, 0.25) is 0 Å². The van der Waals surface area contributed by atoms with Crippen molar-refractivity contribution in [2.45, 2.75) is 0 Å². The Morgan fingerprint density at radius 1 is 0.591 bits per heavy atom. The molecule has 0 aliphatic rings. The van der Waals surface area contributed by atoms with Gasteiger partial charge in [0.25, 0.3) is 0 Å². The predicted octanol–water partition coefficient (Wildman–Crippen LogP) is 5.23. The van der Waals surface area contributed by atoms with E-state index in [1.165, 1.54) is 22.8 Å². The maximum absolute atomic E-state index is 10.6. The lowest BCUT2D eigenvalue weighted by Crippen LogP contribution is -1.87. The van der Waals surface area contributed by atoms with Gasteiger partial charge in [-0.05, 0) is 33.9 Å². The van der Waals surface area contributed by atoms with Gasteiger partial charge < -0.3 is 0 Å². The van der Waals surface area contributed by atoms with E-state index in [0.29, 0.717) is 0 Å². The first-order chi connectivity index (χ1) is 10.9. The molecule has 0 spiro atoms. The average molecular weight is 284 g/mol. The van der Waals surface area contributed by atoms with Crippen LogP contribution in [0.4, 0.5) is 0 Å². The third-order valence-electron chi connectivity index (χ3n) is 3.62. The fraction of sp³-hybridized carbons (Fsp3) is 0. The third kappa shape index (κ3) is 2.89. The second kappa shape index (κ2) is 6.68. The summed E-state index contributed by atoms with van der Waals surface area (Å²) >= 11 is 0. The lowest BCUT2D eigenvalue weighted by Gasteiger charge is -2.12. The molecule has 0 saturated carbocycles. The molecule has 3 aromatic rings. The SMILES string of the molecule is O=C/C=C/c1ccccc1-c1ccccc1-c1ccccc1. The first-order valence-corrected chi connectivity index (χ1v) is 7.26. The molecule has 22 heavy (non-hydrogen) atoms. The maximum Gasteiger partial charge on any atom is 0.142 e. The zero-order valence-corrected chi connectivity index (χ0v) is 12.1. The van der Waals surface area contributed by atoms with Crippen molar-refractivity contribution in [3.63, 3.8) is 0 Å². The Morgan fingerprint density at radius 2 is 1.18 bits per heavy atom. The van der Waals surface area contributed by atoms with Crippen molar-refractivity contribution in [3.05, 3.63) is 90.5 Å². The van der Waals surface area contributed by atoms with Crippen LogP contribution in [0.3, 0.4) is 0 Å². The van der Waals surface area contributed by atoms with E-state index < -0.39 is 0 Å². The van der Waals surface area contributed by atoms with Crippen LogP contribution in [-0.2, 0) is 4.79 Å². The van der Waals surface area contributed by atoms with Gasteiger partial charge in [-0.15, -0.1) is 0 Å². The van der Waals surface area contributed by atoms with Gasteiger partial charge in [0, 0.05) is 0 Å². The topological polar surface area (TPSA) is 17.1 Å². The summed E-state index contributed by atoms with van der Waals surface area (Å²) in [6, 6.07) is 26.8. The molecule has 0 N–H and O–H groups in total. The van der Waals surface area contributed by atoms with Crippen LogP contribution in [0.25, 0.3) is 28.3 Å². The average Bonchev–Trinajstić information content (AvgIpc) is 2.61. The Bertz CT molecular complexity index is 801. The summed E-state index contributed by atoms with van der Waals surface area (Å²) in [5.41, 5.74) is 5.71. The first-order valence-electron chi connectivity index (χ1n) is 7.26. The van der Waals surface area contributed by atoms with E-state index in [1.54, 1.807) is 0 Å². The standard InChI is InChI=1S/C21H16O/c22-16-8-12-18-11-4-5-13-20(18)21-15-7-6-14-19(21)17-9-2-1-3-10-17/h1-16H/b12-8+. The number of allylic oxidation sites excluding steroid dienone is 1. The maximum atomic E-state index is 10.6. The second-order valence-corrected chi connectivity index (χ2v) is 4.99. The highest BCUT2D eigenvalue weighted by atomic mass is 16.1. The molecule has 0 unspecified atom stereocenters. The van der Waals surface area contributed by atoms with Crippen molar-refractivity contribution in [1.29, 1.82) is 0 Å². The largest absolute Gasteiger partial charge is 0.299 e. The summed E-state index contributed by atoms with van der Waals surface area (Å²) < 4.78 is 0. The van der Waals surface area contributed by atoms with Gasteiger partial charge in [-0.2, -0.15) is 0 Å². The molecule has 0 aromatic heterocycles. The molecule has 0 aliphatic heterocycles. The van der Waals surface area contributed by atoms with E-state index >= 15 is 0 Å². The number of carbonyl (C=O) groups is 1. The van der Waals surface area contributed by atoms with Crippen LogP contribution in [0.5, 0.6) is 0 Å². The van der Waals surface area contributed by atoms with E-state index in [0.717, 1.165) is 17.4 Å². The smallest absolute Gasteiger partial charge is 0.142 e. The fourth-order valence-corrected chi connectivity index (χ4v) is 2.62. The molecule has 0 aliphatic carbocycles. The van der Waals surface area contributed by atoms with Gasteiger partial charge in [0.05, 0.1) is 0 Å². The minimum atomic E-state index is 0.805. The van der Waals surface area contributed by atoms with E-state index in [-0.39, 0.29) is 0 Å². The number of hydrogen-bond acceptors (Lipinski definition) is 1. The Hall–Kier alpha value is -2.93. The van der Waals surface area contributed by atoms with Gasteiger partial charge in [-0.3, -0.25) is 4.79 Å². The van der Waals surface area contributed by atoms with Crippen LogP contribution >= 0.6 is 0 Å². The molecule has 0 heterocycles. The predicted molar refractivity (Wildman–Crippen MR) is 92.4 cm³/mol. The van der Waals surface area contributed by atoms with Crippen LogP contribution < -0.4 is 0 Å². The summed E-state index contributed by atoms with van der Waals surface area (Å²) in [6.45, 7) is 0. The molecule has 0 atom stereocenters. The summed E-state index contributed by atoms with van der Waals surface area (Å²) in [5, 5.41) is 0. The molecule has 3 rings (SSSR count). The van der Waals surface area contributed by atoms with Gasteiger partial charge in [-0.25, -0.2) is 0 Å². The van der Waals surface area contributed by atoms with Crippen molar-refractivity contribution in [3.8, 4) is 22.3 Å². The normalized spacial score (nSPS) is 10.7. The number of hydrogen-bond donors (Lipinski definition) is 0. The highest BCUT2D eigenvalue weighted by Crippen LogP contribution is 2.34. The van der Waals surface area contributed by atoms with Gasteiger partial charge in [0.15, 0.2) is 0 Å². The lowest BCUT2D eigenvalue weighted by molar-refractivity contribution is -0.104. The molecule has 1 heteroatoms. The molecular weight excluding hydrogens is 268 g/mol. The molecule has 0 radical (unpaired) electrons. The fourth-order valence-electron chi connectivity index (χ4n) is 2.62. The molecule has 0 amide bonds. The minimum absolute atomic E-state index is 0.805. The molecule has 106 valence electrons. The van der Waals surface area contributed by atoms with Gasteiger partial charge in [-0.1, -0.05) is 84.9 Å². The zero-order chi connectivity index (χ0) is 15.2. The Kier molecular flexibility index (Phi) is 4.26. The monoisotopic (exact) mass is 284 g/mol. The van der Waals surface area contributed by atoms with Crippen molar-refractivity contribution in [1.82, 2.24) is 0 Å². The zero-order valence-electron chi connectivity index (χ0n) is 12.1. The van der Waals surface area contributed by atoms with Crippen molar-refractivity contribution in [2.24, 2.45) is 0 Å². The van der Waals surface area contributed by atoms with E-state index in [2.05, 4.69) is 36.4 Å². The van der Waals surface area contributed by atoms with Crippen molar-refractivity contribution in [2.75, 3.05) is 0 Å². The highest BCUT2D eigenvalue weighted by molar-refractivity contribution is 5.88. The van der Waals surface area contributed by atoms with Crippen molar-refractivity contribution < 1.29 is 4.79 Å². The van der Waals surface area contributed by atoms with E-state index in [4.69, 9.17) is 0 Å². The first kappa shape index (κ1) is 14.0. The number of benzene rings is 3.